The van der Waals surface area contributed by atoms with Crippen LogP contribution in [0.15, 0.2) is 46.6 Å². The van der Waals surface area contributed by atoms with E-state index < -0.39 is 104 Å². The summed E-state index contributed by atoms with van der Waals surface area (Å²) in [6.45, 7) is 34.2. The number of carbonyl (C=O) groups is 5. The topological polar surface area (TPSA) is 220 Å². The highest BCUT2D eigenvalue weighted by atomic mass is 16.8. The van der Waals surface area contributed by atoms with E-state index in [0.29, 0.717) is 41.2 Å². The number of rotatable bonds is 104. The van der Waals surface area contributed by atoms with Gasteiger partial charge in [0.1, 0.15) is 31.0 Å². The van der Waals surface area contributed by atoms with Gasteiger partial charge in [0.15, 0.2) is 24.4 Å². The number of allylic oxidation sites excluding steroid dienone is 4. The molecule has 4 unspecified atom stereocenters. The van der Waals surface area contributed by atoms with Gasteiger partial charge in [-0.1, -0.05) is 609 Å². The minimum absolute atomic E-state index is 0.00176. The van der Waals surface area contributed by atoms with Crippen molar-refractivity contribution in [2.24, 2.45) is 47.3 Å². The first kappa shape index (κ1) is 141. The van der Waals surface area contributed by atoms with E-state index in [1.165, 1.54) is 417 Å². The molecule has 2 fully saturated rings. The molecular weight excluding hydrogens is 1850 g/mol. The molecule has 2 aliphatic heterocycles. The molecule has 2 aliphatic rings. The van der Waals surface area contributed by atoms with E-state index in [1.807, 2.05) is 24.3 Å². The van der Waals surface area contributed by atoms with Gasteiger partial charge < -0.3 is 53.2 Å². The van der Waals surface area contributed by atoms with Gasteiger partial charge in [0.25, 0.3) is 0 Å². The summed E-state index contributed by atoms with van der Waals surface area (Å²) in [6, 6.07) is 0. The molecule has 0 aromatic rings. The van der Waals surface area contributed by atoms with Crippen LogP contribution < -0.4 is 0 Å². The number of ether oxygens (including phenoxy) is 8. The van der Waals surface area contributed by atoms with Gasteiger partial charge in [-0.25, -0.2) is 19.2 Å². The number of unbranched alkanes of at least 4 members (excludes halogenated alkanes) is 69. The predicted molar refractivity (Wildman–Crippen MR) is 628 cm³/mol. The van der Waals surface area contributed by atoms with Gasteiger partial charge in [-0.05, 0) is 107 Å². The number of hydrogen-bond donors (Lipinski definition) is 3. The maximum absolute atomic E-state index is 15.1. The van der Waals surface area contributed by atoms with E-state index in [0.717, 1.165) is 103 Å². The van der Waals surface area contributed by atoms with E-state index in [9.17, 15) is 29.7 Å². The summed E-state index contributed by atoms with van der Waals surface area (Å²) in [7, 11) is 0. The zero-order valence-corrected chi connectivity index (χ0v) is 101. The maximum atomic E-state index is 15.1. The Morgan fingerprint density at radius 1 is 0.248 bits per heavy atom. The smallest absolute Gasteiger partial charge is 0.333 e. The molecule has 0 saturated carbocycles. The Morgan fingerprint density at radius 2 is 0.456 bits per heavy atom. The van der Waals surface area contributed by atoms with Crippen molar-refractivity contribution in [2.45, 2.75) is 712 Å². The summed E-state index contributed by atoms with van der Waals surface area (Å²) in [6.07, 6.45) is 92.3. The predicted octanol–water partition coefficient (Wildman–Crippen LogP) is 38.7. The van der Waals surface area contributed by atoms with Crippen LogP contribution in [0.4, 0.5) is 0 Å². The first-order valence-corrected chi connectivity index (χ1v) is 64.9. The number of carbonyl (C=O) groups excluding carboxylic acids is 5. The highest BCUT2D eigenvalue weighted by Crippen LogP contribution is 2.38. The van der Waals surface area contributed by atoms with Crippen LogP contribution in [0.5, 0.6) is 0 Å². The van der Waals surface area contributed by atoms with E-state index in [-0.39, 0.29) is 41.2 Å². The van der Waals surface area contributed by atoms with Gasteiger partial charge in [-0.3, -0.25) is 4.79 Å². The number of aliphatic hydroxyl groups excluding tert-OH is 3. The molecule has 2 heterocycles. The highest BCUT2D eigenvalue weighted by molar-refractivity contribution is 5.89. The van der Waals surface area contributed by atoms with Crippen LogP contribution in [0, 0.1) is 47.3 Å². The Morgan fingerprint density at radius 3 is 0.705 bits per heavy atom. The third-order valence-electron chi connectivity index (χ3n) is 32.5. The van der Waals surface area contributed by atoms with Crippen molar-refractivity contribution in [1.82, 2.24) is 0 Å². The Bertz CT molecular complexity index is 3250. The van der Waals surface area contributed by atoms with Gasteiger partial charge in [-0.15, -0.1) is 0 Å². The quantitative estimate of drug-likeness (QED) is 0.0223. The lowest BCUT2D eigenvalue weighted by Gasteiger charge is -2.47. The molecule has 149 heavy (non-hydrogen) atoms. The van der Waals surface area contributed by atoms with Gasteiger partial charge in [0, 0.05) is 28.7 Å². The molecule has 0 aliphatic carbocycles. The average molecular weight is 2100 g/mol. The van der Waals surface area contributed by atoms with Crippen LogP contribution in [0.3, 0.4) is 0 Å². The van der Waals surface area contributed by atoms with E-state index in [4.69, 9.17) is 37.9 Å². The Kier molecular flexibility index (Phi) is 92.2. The molecule has 2 rings (SSSR count). The van der Waals surface area contributed by atoms with Gasteiger partial charge >= 0.3 is 29.8 Å². The van der Waals surface area contributed by atoms with Crippen molar-refractivity contribution < 1.29 is 77.2 Å². The Labute approximate surface area is 920 Å². The van der Waals surface area contributed by atoms with Crippen LogP contribution in [-0.4, -0.2) is 120 Å². The normalized spacial score (nSPS) is 20.1. The SMILES string of the molecule is CCCCCCCCCCCCCCCCCCC[C@H](C)C[C@H](C)/C=C(\C)C(=O)O[C@H]1C(O)[C@H](OC(=O)/C(C)=C/[C@@H](C)C[C@@H](C)CCCCCCCCCCCCCCCCCC)C(CO)O[C@@H]1O[C@H]1OC(COC(=O)/C(C)=C/[C@@H](C)C[C@@H](C)CCCCCCCCCCCCCCCC)[C@@H](O)C(OC(=O)/C(C)=C/[C@@H](C)C[C@@H](C)CCCCCCCCCCCCCCCC)[C@H]1OC(=O)CCCCCCCCCCCCCCC. The zero-order valence-electron chi connectivity index (χ0n) is 101. The molecule has 0 radical (unpaired) electrons. The fourth-order valence-electron chi connectivity index (χ4n) is 23.3. The Balaban J connectivity index is 2.69. The Hall–Kier alpha value is -3.93. The summed E-state index contributed by atoms with van der Waals surface area (Å²) in [5.41, 5.74) is 1.18. The lowest BCUT2D eigenvalue weighted by atomic mass is 9.91. The van der Waals surface area contributed by atoms with Crippen LogP contribution in [0.25, 0.3) is 0 Å². The van der Waals surface area contributed by atoms with Crippen molar-refractivity contribution in [3.05, 3.63) is 46.6 Å². The van der Waals surface area contributed by atoms with Crippen molar-refractivity contribution in [3.8, 4) is 0 Å². The van der Waals surface area contributed by atoms with Crippen LogP contribution in [-0.2, 0) is 61.9 Å². The summed E-state index contributed by atoms with van der Waals surface area (Å²) in [5.74, 6) is -2.17. The van der Waals surface area contributed by atoms with E-state index in [2.05, 4.69) is 90.0 Å². The standard InChI is InChI=1S/C133H246O16/c1-18-23-28-33-38-43-48-53-57-59-61-66-70-75-80-85-90-95-110(9)100-114(13)104-118(17)131(141)148-126-123(137)124(146-129(139)116(15)102-112(11)98-108(7)93-88-83-79-74-69-65-60-58-54-49-44-39-34-29-24-19-2)119(105-134)143-132(126)149-133-127(145-121(135)96-91-86-81-76-71-62-52-47-42-37-32-27-22-5)125(147-130(140)117(16)103-113(12)99-109(8)94-89-84-78-73-68-64-56-51-46-41-36-31-26-21-4)122(136)120(144-133)106-142-128(138)115(14)101-111(10)97-107(6)92-87-82-77-72-67-63-55-50-45-40-35-30-25-20-3/h101-104,107-114,119-120,122-127,132-134,136-137H,18-100,105-106H2,1-17H3/b115-101+,116-102+,117-103+,118-104+/t107-,108-,109-,110-,111-,112-,113-,114-,119?,120?,122+,123?,124+,125?,126-,127+,132+,133+/m0/s1. The van der Waals surface area contributed by atoms with Gasteiger partial charge in [-0.2, -0.15) is 0 Å². The zero-order chi connectivity index (χ0) is 109. The molecule has 16 heteroatoms. The van der Waals surface area contributed by atoms with Crippen molar-refractivity contribution in [2.75, 3.05) is 13.2 Å². The second kappa shape index (κ2) is 97.3. The van der Waals surface area contributed by atoms with Crippen LogP contribution in [0.1, 0.15) is 651 Å². The monoisotopic (exact) mass is 2100 g/mol. The molecule has 0 amide bonds. The lowest BCUT2D eigenvalue weighted by molar-refractivity contribution is -0.377. The summed E-state index contributed by atoms with van der Waals surface area (Å²) in [5, 5.41) is 37.6. The maximum Gasteiger partial charge on any atom is 0.333 e. The largest absolute Gasteiger partial charge is 0.459 e. The van der Waals surface area contributed by atoms with Crippen molar-refractivity contribution >= 4 is 29.8 Å². The third-order valence-corrected chi connectivity index (χ3v) is 32.5. The molecule has 0 aromatic heterocycles. The van der Waals surface area contributed by atoms with Crippen LogP contribution in [0.2, 0.25) is 0 Å². The molecule has 0 bridgehead atoms. The minimum Gasteiger partial charge on any atom is -0.459 e. The van der Waals surface area contributed by atoms with Gasteiger partial charge in [0.2, 0.25) is 12.6 Å². The highest BCUT2D eigenvalue weighted by Gasteiger charge is 2.56. The summed E-state index contributed by atoms with van der Waals surface area (Å²) >= 11 is 0. The molecule has 874 valence electrons. The number of hydrogen-bond acceptors (Lipinski definition) is 16. The van der Waals surface area contributed by atoms with E-state index >= 15 is 9.59 Å². The molecular formula is C133H246O16. The molecule has 18 atom stereocenters. The summed E-state index contributed by atoms with van der Waals surface area (Å²) < 4.78 is 52.3. The first-order chi connectivity index (χ1) is 72.2. The molecule has 16 nitrogen and oxygen atoms in total. The fourth-order valence-corrected chi connectivity index (χ4v) is 23.3. The lowest BCUT2D eigenvalue weighted by Crippen LogP contribution is -2.66. The second-order valence-electron chi connectivity index (χ2n) is 48.5. The third kappa shape index (κ3) is 76.4. The second-order valence-corrected chi connectivity index (χ2v) is 48.5. The van der Waals surface area contributed by atoms with Crippen molar-refractivity contribution in [1.29, 1.82) is 0 Å². The number of aliphatic hydroxyl groups is 3. The number of esters is 5. The summed E-state index contributed by atoms with van der Waals surface area (Å²) in [4.78, 5) is 74.1. The fraction of sp³-hybridized carbons (Fsp3) is 0.902. The van der Waals surface area contributed by atoms with Crippen molar-refractivity contribution in [3.63, 3.8) is 0 Å². The molecule has 0 spiro atoms. The molecule has 2 saturated heterocycles. The van der Waals surface area contributed by atoms with Gasteiger partial charge in [0.05, 0.1) is 6.61 Å². The van der Waals surface area contributed by atoms with Crippen LogP contribution >= 0.6 is 0 Å². The molecule has 3 N–H and O–H groups in total. The minimum atomic E-state index is -1.92. The first-order valence-electron chi connectivity index (χ1n) is 64.9. The molecule has 0 aromatic carbocycles. The average Bonchev–Trinajstić information content (AvgIpc) is 0.768. The van der Waals surface area contributed by atoms with E-state index in [1.54, 1.807) is 27.7 Å².